The molecule has 1 aliphatic rings. The van der Waals surface area contributed by atoms with Crippen LogP contribution in [0.4, 0.5) is 5.95 Å². The van der Waals surface area contributed by atoms with Crippen LogP contribution in [0.25, 0.3) is 11.2 Å². The second-order valence-electron chi connectivity index (χ2n) is 7.52. The average Bonchev–Trinajstić information content (AvgIpc) is 3.01. The number of nitrogens with two attached hydrogens (primary N) is 2. The highest BCUT2D eigenvalue weighted by Crippen LogP contribution is 2.23. The normalized spacial score (nSPS) is 17.1. The number of primary amides is 1. The lowest BCUT2D eigenvalue weighted by atomic mass is 10.1. The summed E-state index contributed by atoms with van der Waals surface area (Å²) in [7, 11) is 1.53. The number of piperidine rings is 1. The number of hydrogen-bond donors (Lipinski definition) is 2. The summed E-state index contributed by atoms with van der Waals surface area (Å²) >= 11 is 0. The molecule has 10 heteroatoms. The highest BCUT2D eigenvalue weighted by Gasteiger charge is 2.26. The van der Waals surface area contributed by atoms with Gasteiger partial charge in [0.1, 0.15) is 6.54 Å². The van der Waals surface area contributed by atoms with Crippen LogP contribution in [-0.2, 0) is 24.9 Å². The Morgan fingerprint density at radius 3 is 2.61 bits per heavy atom. The monoisotopic (exact) mass is 389 g/mol. The molecule has 28 heavy (non-hydrogen) atoms. The van der Waals surface area contributed by atoms with Gasteiger partial charge in [-0.05, 0) is 26.7 Å². The number of hydrogen-bond acceptors (Lipinski definition) is 6. The molecule has 0 spiro atoms. The second kappa shape index (κ2) is 7.63. The van der Waals surface area contributed by atoms with Gasteiger partial charge in [0, 0.05) is 32.7 Å². The van der Waals surface area contributed by atoms with Crippen molar-refractivity contribution in [3.05, 3.63) is 32.5 Å². The predicted octanol–water partition coefficient (Wildman–Crippen LogP) is -0.724. The van der Waals surface area contributed by atoms with E-state index in [2.05, 4.69) is 9.88 Å². The maximum atomic E-state index is 13.1. The Bertz CT molecular complexity index is 1060. The Morgan fingerprint density at radius 2 is 2.00 bits per heavy atom. The minimum atomic E-state index is -0.754. The van der Waals surface area contributed by atoms with Gasteiger partial charge in [-0.2, -0.15) is 4.98 Å². The quantitative estimate of drug-likeness (QED) is 0.648. The Balaban J connectivity index is 2.30. The van der Waals surface area contributed by atoms with Gasteiger partial charge in [0.25, 0.3) is 5.56 Å². The van der Waals surface area contributed by atoms with Crippen molar-refractivity contribution in [2.75, 3.05) is 18.0 Å². The second-order valence-corrected chi connectivity index (χ2v) is 7.52. The van der Waals surface area contributed by atoms with Crippen LogP contribution in [0.2, 0.25) is 0 Å². The number of fused-ring (bicyclic) bond motifs is 1. The molecule has 10 nitrogen and oxygen atoms in total. The highest BCUT2D eigenvalue weighted by atomic mass is 16.2. The molecule has 1 saturated heterocycles. The first-order valence-electron chi connectivity index (χ1n) is 9.33. The minimum absolute atomic E-state index is 0.0285. The molecule has 2 aromatic heterocycles. The molecule has 1 atom stereocenters. The Hall–Kier alpha value is -2.88. The number of imidazole rings is 1. The number of rotatable bonds is 5. The van der Waals surface area contributed by atoms with E-state index in [-0.39, 0.29) is 17.2 Å². The minimum Gasteiger partial charge on any atom is -0.368 e. The van der Waals surface area contributed by atoms with Crippen molar-refractivity contribution >= 4 is 23.0 Å². The van der Waals surface area contributed by atoms with Crippen molar-refractivity contribution in [2.24, 2.45) is 18.5 Å². The first kappa shape index (κ1) is 19.9. The summed E-state index contributed by atoms with van der Waals surface area (Å²) < 4.78 is 3.93. The molecule has 0 aliphatic carbocycles. The van der Waals surface area contributed by atoms with Crippen LogP contribution in [0.3, 0.4) is 0 Å². The summed E-state index contributed by atoms with van der Waals surface area (Å²) in [5.74, 6) is -0.150. The zero-order valence-electron chi connectivity index (χ0n) is 16.5. The maximum Gasteiger partial charge on any atom is 0.332 e. The zero-order valence-corrected chi connectivity index (χ0v) is 16.5. The number of aryl methyl sites for hydroxylation is 1. The van der Waals surface area contributed by atoms with Crippen LogP contribution in [0, 0.1) is 0 Å². The Kier molecular flexibility index (Phi) is 5.41. The van der Waals surface area contributed by atoms with Crippen molar-refractivity contribution in [3.8, 4) is 0 Å². The van der Waals surface area contributed by atoms with Gasteiger partial charge in [0.05, 0.1) is 0 Å². The SMILES string of the molecule is CC(C)=CCn1c(N2CCCC(N)C2)nc2c1c(=O)n(CC(N)=O)c(=O)n2C. The van der Waals surface area contributed by atoms with E-state index in [4.69, 9.17) is 11.5 Å². The zero-order chi connectivity index (χ0) is 20.6. The van der Waals surface area contributed by atoms with Crippen molar-refractivity contribution in [1.82, 2.24) is 18.7 Å². The van der Waals surface area contributed by atoms with Gasteiger partial charge in [0.15, 0.2) is 11.2 Å². The molecule has 152 valence electrons. The number of amides is 1. The van der Waals surface area contributed by atoms with Gasteiger partial charge in [0.2, 0.25) is 11.9 Å². The van der Waals surface area contributed by atoms with Crippen LogP contribution in [0.5, 0.6) is 0 Å². The van der Waals surface area contributed by atoms with E-state index in [0.29, 0.717) is 19.0 Å². The molecule has 0 bridgehead atoms. The number of carbonyl (C=O) groups is 1. The van der Waals surface area contributed by atoms with E-state index in [1.165, 1.54) is 11.6 Å². The van der Waals surface area contributed by atoms with Crippen LogP contribution in [0.1, 0.15) is 26.7 Å². The third kappa shape index (κ3) is 3.59. The van der Waals surface area contributed by atoms with E-state index < -0.39 is 23.7 Å². The van der Waals surface area contributed by atoms with Gasteiger partial charge in [-0.1, -0.05) is 11.6 Å². The van der Waals surface area contributed by atoms with Crippen LogP contribution in [0.15, 0.2) is 21.2 Å². The lowest BCUT2D eigenvalue weighted by Crippen LogP contribution is -2.44. The summed E-state index contributed by atoms with van der Waals surface area (Å²) in [6.45, 7) is 5.29. The topological polar surface area (TPSA) is 134 Å². The fraction of sp³-hybridized carbons (Fsp3) is 0.556. The van der Waals surface area contributed by atoms with E-state index in [1.807, 2.05) is 19.9 Å². The fourth-order valence-electron chi connectivity index (χ4n) is 3.54. The van der Waals surface area contributed by atoms with Gasteiger partial charge >= 0.3 is 5.69 Å². The standard InChI is InChI=1S/C18H27N7O3/c1-11(2)6-8-24-14-15(21-17(24)23-7-4-5-12(19)9-23)22(3)18(28)25(16(14)27)10-13(20)26/h6,12H,4-5,7-10,19H2,1-3H3,(H2,20,26). The molecule has 1 amide bonds. The van der Waals surface area contributed by atoms with E-state index in [9.17, 15) is 14.4 Å². The summed E-state index contributed by atoms with van der Waals surface area (Å²) in [4.78, 5) is 43.7. The number of nitrogens with zero attached hydrogens (tertiary/aromatic N) is 5. The van der Waals surface area contributed by atoms with Gasteiger partial charge in [-0.15, -0.1) is 0 Å². The Morgan fingerprint density at radius 1 is 1.29 bits per heavy atom. The molecule has 2 aromatic rings. The van der Waals surface area contributed by atoms with Crippen LogP contribution in [-0.4, -0.2) is 43.7 Å². The van der Waals surface area contributed by atoms with Crippen molar-refractivity contribution < 1.29 is 4.79 Å². The molecule has 4 N–H and O–H groups in total. The number of anilines is 1. The molecule has 3 heterocycles. The lowest BCUT2D eigenvalue weighted by molar-refractivity contribution is -0.118. The molecule has 0 aromatic carbocycles. The summed E-state index contributed by atoms with van der Waals surface area (Å²) in [6, 6.07) is 0.0285. The first-order valence-corrected chi connectivity index (χ1v) is 9.33. The lowest BCUT2D eigenvalue weighted by Gasteiger charge is -2.31. The molecule has 0 radical (unpaired) electrons. The Labute approximate surface area is 162 Å². The molecule has 3 rings (SSSR count). The summed E-state index contributed by atoms with van der Waals surface area (Å²) in [5.41, 5.74) is 11.8. The van der Waals surface area contributed by atoms with Crippen molar-refractivity contribution in [2.45, 2.75) is 45.8 Å². The van der Waals surface area contributed by atoms with Gasteiger partial charge < -0.3 is 20.9 Å². The number of allylic oxidation sites excluding steroid dienone is 2. The molecule has 0 saturated carbocycles. The largest absolute Gasteiger partial charge is 0.368 e. The highest BCUT2D eigenvalue weighted by molar-refractivity contribution is 5.76. The van der Waals surface area contributed by atoms with E-state index >= 15 is 0 Å². The van der Waals surface area contributed by atoms with Crippen molar-refractivity contribution in [1.29, 1.82) is 0 Å². The number of aromatic nitrogens is 4. The van der Waals surface area contributed by atoms with Crippen LogP contribution >= 0.6 is 0 Å². The predicted molar refractivity (Wildman–Crippen MR) is 107 cm³/mol. The summed E-state index contributed by atoms with van der Waals surface area (Å²) in [5, 5.41) is 0. The molecule has 1 unspecified atom stereocenters. The smallest absolute Gasteiger partial charge is 0.332 e. The number of carbonyl (C=O) groups excluding carboxylic acids is 1. The molecule has 1 fully saturated rings. The third-order valence-electron chi connectivity index (χ3n) is 4.95. The van der Waals surface area contributed by atoms with Gasteiger partial charge in [-0.3, -0.25) is 14.2 Å². The van der Waals surface area contributed by atoms with E-state index in [1.54, 1.807) is 4.57 Å². The van der Waals surface area contributed by atoms with Gasteiger partial charge in [-0.25, -0.2) is 9.36 Å². The average molecular weight is 389 g/mol. The molecular weight excluding hydrogens is 362 g/mol. The van der Waals surface area contributed by atoms with E-state index in [0.717, 1.165) is 29.5 Å². The third-order valence-corrected chi connectivity index (χ3v) is 4.95. The van der Waals surface area contributed by atoms with Crippen LogP contribution < -0.4 is 27.6 Å². The molecule has 1 aliphatic heterocycles. The molecular formula is C18H27N7O3. The fourth-order valence-corrected chi connectivity index (χ4v) is 3.54. The first-order chi connectivity index (χ1) is 13.2. The van der Waals surface area contributed by atoms with Crippen molar-refractivity contribution in [3.63, 3.8) is 0 Å². The maximum absolute atomic E-state index is 13.1. The summed E-state index contributed by atoms with van der Waals surface area (Å²) in [6.07, 6.45) is 3.85.